The standard InChI is InChI=1S/C28H27BrFN7O4/c29-17-5-1-4-16(12-17)13-36-24(33-34-35-36)23(31-15-28(14-30)10-3-11-28)18-6-2-7-19-22(18)27(41)37(26(19)40)20-8-9-21(38)32-25(20)39/h1-2,4-7,12,20,23,31H,3,8-11,13-15H2,(H,32,38,39). The molecule has 11 nitrogen and oxygen atoms in total. The number of benzene rings is 2. The summed E-state index contributed by atoms with van der Waals surface area (Å²) in [4.78, 5) is 52.6. The fourth-order valence-electron chi connectivity index (χ4n) is 5.81. The Morgan fingerprint density at radius 2 is 1.93 bits per heavy atom. The zero-order chi connectivity index (χ0) is 28.7. The molecule has 3 aromatic rings. The van der Waals surface area contributed by atoms with Gasteiger partial charge >= 0.3 is 0 Å². The molecular formula is C28H27BrFN7O4. The van der Waals surface area contributed by atoms with Crippen molar-refractivity contribution in [3.63, 3.8) is 0 Å². The van der Waals surface area contributed by atoms with Gasteiger partial charge in [-0.05, 0) is 59.0 Å². The van der Waals surface area contributed by atoms with Crippen LogP contribution in [0.2, 0.25) is 0 Å². The summed E-state index contributed by atoms with van der Waals surface area (Å²) in [6, 6.07) is 10.8. The minimum Gasteiger partial charge on any atom is -0.303 e. The van der Waals surface area contributed by atoms with Crippen molar-refractivity contribution in [1.29, 1.82) is 0 Å². The number of nitrogens with zero attached hydrogens (tertiary/aromatic N) is 5. The number of amides is 4. The van der Waals surface area contributed by atoms with Crippen LogP contribution in [0.4, 0.5) is 4.39 Å². The highest BCUT2D eigenvalue weighted by Crippen LogP contribution is 2.42. The van der Waals surface area contributed by atoms with Gasteiger partial charge in [-0.3, -0.25) is 33.8 Å². The lowest BCUT2D eigenvalue weighted by molar-refractivity contribution is -0.136. The lowest BCUT2D eigenvalue weighted by Crippen LogP contribution is -2.54. The van der Waals surface area contributed by atoms with Crippen molar-refractivity contribution >= 4 is 39.6 Å². The van der Waals surface area contributed by atoms with Gasteiger partial charge in [0.2, 0.25) is 11.8 Å². The van der Waals surface area contributed by atoms with Crippen LogP contribution < -0.4 is 10.6 Å². The Morgan fingerprint density at radius 3 is 2.63 bits per heavy atom. The van der Waals surface area contributed by atoms with Crippen molar-refractivity contribution in [2.45, 2.75) is 50.7 Å². The molecule has 4 amide bonds. The first kappa shape index (κ1) is 27.3. The molecule has 3 aliphatic rings. The summed E-state index contributed by atoms with van der Waals surface area (Å²) >= 11 is 3.48. The zero-order valence-corrected chi connectivity index (χ0v) is 23.6. The highest BCUT2D eigenvalue weighted by molar-refractivity contribution is 9.10. The molecule has 0 spiro atoms. The minimum absolute atomic E-state index is 0.0243. The topological polar surface area (TPSA) is 139 Å². The number of tetrazole rings is 1. The largest absolute Gasteiger partial charge is 0.303 e. The fourth-order valence-corrected chi connectivity index (χ4v) is 6.26. The molecular weight excluding hydrogens is 597 g/mol. The SMILES string of the molecule is O=C1CCC(N2C(=O)c3cccc(C(NCC4(CF)CCC4)c4nnnn4Cc4cccc(Br)c4)c3C2=O)C(=O)N1. The number of aromatic nitrogens is 4. The van der Waals surface area contributed by atoms with E-state index in [9.17, 15) is 23.6 Å². The van der Waals surface area contributed by atoms with Gasteiger partial charge in [0, 0.05) is 22.9 Å². The van der Waals surface area contributed by atoms with E-state index in [0.717, 1.165) is 34.2 Å². The van der Waals surface area contributed by atoms with Gasteiger partial charge in [0.05, 0.1) is 30.4 Å². The van der Waals surface area contributed by atoms with Crippen LogP contribution in [0.15, 0.2) is 46.9 Å². The maximum Gasteiger partial charge on any atom is 0.262 e. The number of fused-ring (bicyclic) bond motifs is 1. The minimum atomic E-state index is -1.09. The van der Waals surface area contributed by atoms with Crippen LogP contribution in [0.1, 0.15) is 75.8 Å². The molecule has 1 saturated carbocycles. The van der Waals surface area contributed by atoms with Gasteiger partial charge < -0.3 is 5.32 Å². The number of rotatable bonds is 9. The number of carbonyl (C=O) groups is 4. The highest BCUT2D eigenvalue weighted by atomic mass is 79.9. The first-order valence-electron chi connectivity index (χ1n) is 13.4. The molecule has 2 aliphatic heterocycles. The number of piperidine rings is 1. The van der Waals surface area contributed by atoms with Gasteiger partial charge in [-0.2, -0.15) is 0 Å². The molecule has 1 aliphatic carbocycles. The van der Waals surface area contributed by atoms with Crippen molar-refractivity contribution in [3.8, 4) is 0 Å². The van der Waals surface area contributed by atoms with Gasteiger partial charge in [0.15, 0.2) is 5.82 Å². The van der Waals surface area contributed by atoms with Gasteiger partial charge in [0.1, 0.15) is 6.04 Å². The summed E-state index contributed by atoms with van der Waals surface area (Å²) in [5.41, 5.74) is 1.16. The van der Waals surface area contributed by atoms with Gasteiger partial charge in [-0.15, -0.1) is 5.10 Å². The zero-order valence-electron chi connectivity index (χ0n) is 22.0. The highest BCUT2D eigenvalue weighted by Gasteiger charge is 2.47. The van der Waals surface area contributed by atoms with E-state index >= 15 is 0 Å². The van der Waals surface area contributed by atoms with E-state index in [2.05, 4.69) is 42.1 Å². The van der Waals surface area contributed by atoms with E-state index in [4.69, 9.17) is 0 Å². The molecule has 3 heterocycles. The van der Waals surface area contributed by atoms with E-state index < -0.39 is 47.8 Å². The van der Waals surface area contributed by atoms with Crippen LogP contribution in [0, 0.1) is 5.41 Å². The number of alkyl halides is 1. The Hall–Kier alpha value is -3.84. The third-order valence-corrected chi connectivity index (χ3v) is 8.72. The van der Waals surface area contributed by atoms with Crippen molar-refractivity contribution in [3.05, 3.63) is 75.0 Å². The molecule has 2 unspecified atom stereocenters. The summed E-state index contributed by atoms with van der Waals surface area (Å²) in [6.45, 7) is 0.169. The van der Waals surface area contributed by atoms with Gasteiger partial charge in [0.25, 0.3) is 11.8 Å². The summed E-state index contributed by atoms with van der Waals surface area (Å²) in [7, 11) is 0. The first-order chi connectivity index (χ1) is 19.8. The Labute approximate surface area is 243 Å². The molecule has 1 saturated heterocycles. The lowest BCUT2D eigenvalue weighted by atomic mass is 9.69. The fraction of sp³-hybridized carbons (Fsp3) is 0.393. The second-order valence-corrected chi connectivity index (χ2v) is 11.8. The Kier molecular flexibility index (Phi) is 7.24. The maximum absolute atomic E-state index is 14.1. The molecule has 0 bridgehead atoms. The molecule has 2 atom stereocenters. The summed E-state index contributed by atoms with van der Waals surface area (Å²) in [5, 5.41) is 18.1. The molecule has 13 heteroatoms. The van der Waals surface area contributed by atoms with Crippen molar-refractivity contribution < 1.29 is 23.6 Å². The van der Waals surface area contributed by atoms with E-state index in [1.165, 1.54) is 0 Å². The van der Waals surface area contributed by atoms with Crippen molar-refractivity contribution in [2.24, 2.45) is 5.41 Å². The molecule has 0 radical (unpaired) electrons. The molecule has 6 rings (SSSR count). The Balaban J connectivity index is 1.39. The average molecular weight is 624 g/mol. The lowest BCUT2D eigenvalue weighted by Gasteiger charge is -2.40. The molecule has 2 N–H and O–H groups in total. The average Bonchev–Trinajstić information content (AvgIpc) is 3.48. The van der Waals surface area contributed by atoms with Crippen LogP contribution in [-0.2, 0) is 16.1 Å². The predicted octanol–water partition coefficient (Wildman–Crippen LogP) is 2.70. The van der Waals surface area contributed by atoms with Crippen LogP contribution in [-0.4, -0.2) is 68.0 Å². The van der Waals surface area contributed by atoms with Gasteiger partial charge in [-0.25, -0.2) is 4.68 Å². The molecule has 2 aromatic carbocycles. The molecule has 41 heavy (non-hydrogen) atoms. The van der Waals surface area contributed by atoms with Crippen LogP contribution in [0.25, 0.3) is 0 Å². The first-order valence-corrected chi connectivity index (χ1v) is 14.2. The second-order valence-electron chi connectivity index (χ2n) is 10.8. The molecule has 2 fully saturated rings. The Bertz CT molecular complexity index is 1550. The number of hydrogen-bond donors (Lipinski definition) is 2. The molecule has 1 aromatic heterocycles. The van der Waals surface area contributed by atoms with E-state index in [1.807, 2.05) is 24.3 Å². The number of halogens is 2. The summed E-state index contributed by atoms with van der Waals surface area (Å²) in [5.74, 6) is -1.96. The third kappa shape index (κ3) is 4.97. The van der Waals surface area contributed by atoms with Crippen LogP contribution >= 0.6 is 15.9 Å². The van der Waals surface area contributed by atoms with Gasteiger partial charge in [-0.1, -0.05) is 46.6 Å². The smallest absolute Gasteiger partial charge is 0.262 e. The monoisotopic (exact) mass is 623 g/mol. The summed E-state index contributed by atoms with van der Waals surface area (Å²) < 4.78 is 16.6. The van der Waals surface area contributed by atoms with Crippen LogP contribution in [0.3, 0.4) is 0 Å². The predicted molar refractivity (Wildman–Crippen MR) is 146 cm³/mol. The summed E-state index contributed by atoms with van der Waals surface area (Å²) in [6.07, 6.45) is 2.48. The van der Waals surface area contributed by atoms with E-state index in [0.29, 0.717) is 24.5 Å². The number of hydrogen-bond acceptors (Lipinski definition) is 8. The Morgan fingerprint density at radius 1 is 1.12 bits per heavy atom. The number of nitrogens with one attached hydrogen (secondary N) is 2. The maximum atomic E-state index is 14.1. The van der Waals surface area contributed by atoms with E-state index in [-0.39, 0.29) is 24.0 Å². The van der Waals surface area contributed by atoms with Crippen LogP contribution in [0.5, 0.6) is 0 Å². The molecule has 212 valence electrons. The van der Waals surface area contributed by atoms with Crippen molar-refractivity contribution in [2.75, 3.05) is 13.2 Å². The second kappa shape index (κ2) is 10.9. The quantitative estimate of drug-likeness (QED) is 0.347. The van der Waals surface area contributed by atoms with E-state index in [1.54, 1.807) is 22.9 Å². The number of carbonyl (C=O) groups excluding carboxylic acids is 4. The third-order valence-electron chi connectivity index (χ3n) is 8.23. The normalized spacial score (nSPS) is 20.5. The number of imide groups is 2. The van der Waals surface area contributed by atoms with Crippen molar-refractivity contribution in [1.82, 2.24) is 35.7 Å².